The maximum atomic E-state index is 2.61. The highest BCUT2D eigenvalue weighted by atomic mass is 127. The predicted molar refractivity (Wildman–Crippen MR) is 76.2 cm³/mol. The van der Waals surface area contributed by atoms with Crippen molar-refractivity contribution in [2.24, 2.45) is 0 Å². The summed E-state index contributed by atoms with van der Waals surface area (Å²) in [5, 5.41) is 0.845. The minimum atomic E-state index is 0.799. The maximum Gasteiger partial charge on any atom is 0.270 e. The second kappa shape index (κ2) is 5.43. The topological polar surface area (TPSA) is 3.01 Å². The Bertz CT molecular complexity index is 232. The number of hydrogen-bond donors (Lipinski definition) is 0. The molecule has 0 saturated carbocycles. The normalized spacial score (nSPS) is 30.9. The Balaban J connectivity index is 1.98. The number of hydrogen-bond acceptors (Lipinski definition) is 2. The summed E-state index contributed by atoms with van der Waals surface area (Å²) >= 11 is 6.77. The molecule has 2 aliphatic rings. The van der Waals surface area contributed by atoms with E-state index in [1.807, 2.05) is 0 Å². The minimum absolute atomic E-state index is 0.799. The van der Waals surface area contributed by atoms with E-state index in [0.29, 0.717) is 0 Å². The molecule has 0 radical (unpaired) electrons. The van der Waals surface area contributed by atoms with E-state index < -0.39 is 0 Å². The second-order valence-corrected chi connectivity index (χ2v) is 8.42. The molecule has 4 heteroatoms. The highest BCUT2D eigenvalue weighted by molar-refractivity contribution is 14.1. The lowest BCUT2D eigenvalue weighted by molar-refractivity contribution is -0.532. The average Bonchev–Trinajstić information content (AvgIpc) is 2.68. The third-order valence-electron chi connectivity index (χ3n) is 2.75. The van der Waals surface area contributed by atoms with E-state index in [1.54, 1.807) is 4.38 Å². The molecule has 0 bridgehead atoms. The molecule has 0 N–H and O–H groups in total. The zero-order valence-electron chi connectivity index (χ0n) is 8.54. The Labute approximate surface area is 109 Å². The molecule has 2 fully saturated rings. The van der Waals surface area contributed by atoms with E-state index in [1.165, 1.54) is 38.1 Å². The summed E-state index contributed by atoms with van der Waals surface area (Å²) in [4.78, 5) is 0. The van der Waals surface area contributed by atoms with Gasteiger partial charge in [0.05, 0.1) is 0 Å². The van der Waals surface area contributed by atoms with Gasteiger partial charge in [-0.25, -0.2) is 4.58 Å². The van der Waals surface area contributed by atoms with Crippen molar-refractivity contribution in [1.29, 1.82) is 0 Å². The second-order valence-electron chi connectivity index (χ2n) is 3.96. The zero-order chi connectivity index (χ0) is 9.97. The van der Waals surface area contributed by atoms with Gasteiger partial charge in [0.1, 0.15) is 13.1 Å². The largest absolute Gasteiger partial charge is 0.270 e. The molecule has 0 aromatic heterocycles. The van der Waals surface area contributed by atoms with Crippen LogP contribution < -0.4 is 0 Å². The smallest absolute Gasteiger partial charge is 0.219 e. The van der Waals surface area contributed by atoms with Gasteiger partial charge in [-0.05, 0) is 29.9 Å². The van der Waals surface area contributed by atoms with Crippen molar-refractivity contribution < 1.29 is 4.58 Å². The van der Waals surface area contributed by atoms with Crippen molar-refractivity contribution in [3.8, 4) is 0 Å². The molecule has 2 atom stereocenters. The molecule has 0 aliphatic carbocycles. The number of nitrogens with zero attached hydrogens (tertiary/aromatic N) is 1. The molecule has 2 aliphatic heterocycles. The van der Waals surface area contributed by atoms with Crippen LogP contribution in [0.5, 0.6) is 0 Å². The first-order chi connectivity index (χ1) is 6.77. The van der Waals surface area contributed by atoms with Crippen molar-refractivity contribution in [2.75, 3.05) is 18.8 Å². The molecule has 1 nitrogen and oxygen atoms in total. The Morgan fingerprint density at radius 1 is 1.36 bits per heavy atom. The molecular weight excluding hydrogens is 325 g/mol. The van der Waals surface area contributed by atoms with Gasteiger partial charge in [-0.3, -0.25) is 0 Å². The van der Waals surface area contributed by atoms with Crippen LogP contribution in [0.4, 0.5) is 0 Å². The van der Waals surface area contributed by atoms with Crippen LogP contribution in [0.2, 0.25) is 0 Å². The quantitative estimate of drug-likeness (QED) is 0.409. The molecule has 0 spiro atoms. The lowest BCUT2D eigenvalue weighted by atomic mass is 10.2. The minimum Gasteiger partial charge on any atom is -0.219 e. The van der Waals surface area contributed by atoms with Gasteiger partial charge in [-0.2, -0.15) is 0 Å². The van der Waals surface area contributed by atoms with Crippen molar-refractivity contribution in [2.45, 2.75) is 35.4 Å². The van der Waals surface area contributed by atoms with Crippen LogP contribution in [-0.4, -0.2) is 37.0 Å². The number of thioether (sulfide) groups is 2. The fraction of sp³-hybridized carbons (Fsp3) is 0.900. The monoisotopic (exact) mass is 342 g/mol. The lowest BCUT2D eigenvalue weighted by Gasteiger charge is -2.11. The summed E-state index contributed by atoms with van der Waals surface area (Å²) in [6.07, 6.45) is 4.23. The van der Waals surface area contributed by atoms with Crippen LogP contribution >= 0.6 is 46.1 Å². The van der Waals surface area contributed by atoms with Gasteiger partial charge in [0.25, 0.3) is 4.38 Å². The Hall–Kier alpha value is 1.10. The molecular formula is C10H17INS2+. The standard InChI is InChI=1S/C10H17INS2/c1-8(11)9-7-13-10(14-9)12-5-3-2-4-6-12/h8-9H,2-7H2,1H3/q+1. The van der Waals surface area contributed by atoms with E-state index in [9.17, 15) is 0 Å². The third-order valence-corrected chi connectivity index (χ3v) is 7.33. The van der Waals surface area contributed by atoms with Gasteiger partial charge < -0.3 is 0 Å². The SMILES string of the molecule is CC(I)C1CSC(=[N+]2CCCCC2)S1. The fourth-order valence-electron chi connectivity index (χ4n) is 1.82. The predicted octanol–water partition coefficient (Wildman–Crippen LogP) is 3.21. The summed E-state index contributed by atoms with van der Waals surface area (Å²) in [6, 6.07) is 0. The highest BCUT2D eigenvalue weighted by Crippen LogP contribution is 2.37. The van der Waals surface area contributed by atoms with Crippen molar-refractivity contribution in [3.05, 3.63) is 0 Å². The van der Waals surface area contributed by atoms with E-state index in [4.69, 9.17) is 0 Å². The van der Waals surface area contributed by atoms with Gasteiger partial charge in [0, 0.05) is 27.8 Å². The van der Waals surface area contributed by atoms with Crippen LogP contribution in [0.3, 0.4) is 0 Å². The summed E-state index contributed by atoms with van der Waals surface area (Å²) < 4.78 is 5.02. The third kappa shape index (κ3) is 2.82. The van der Waals surface area contributed by atoms with Crippen LogP contribution in [0.25, 0.3) is 0 Å². The van der Waals surface area contributed by atoms with Crippen molar-refractivity contribution in [3.63, 3.8) is 0 Å². The number of piperidine rings is 1. The first-order valence-electron chi connectivity index (χ1n) is 5.33. The van der Waals surface area contributed by atoms with Gasteiger partial charge in [0.15, 0.2) is 0 Å². The molecule has 80 valence electrons. The van der Waals surface area contributed by atoms with Crippen LogP contribution in [0.1, 0.15) is 26.2 Å². The molecule has 0 aromatic carbocycles. The summed E-state index contributed by atoms with van der Waals surface area (Å²) in [7, 11) is 0. The zero-order valence-corrected chi connectivity index (χ0v) is 12.3. The summed E-state index contributed by atoms with van der Waals surface area (Å²) in [5.41, 5.74) is 0. The molecule has 0 amide bonds. The van der Waals surface area contributed by atoms with Crippen molar-refractivity contribution in [1.82, 2.24) is 0 Å². The number of halogens is 1. The van der Waals surface area contributed by atoms with Crippen molar-refractivity contribution >= 4 is 50.5 Å². The average molecular weight is 342 g/mol. The van der Waals surface area contributed by atoms with E-state index in [0.717, 1.165) is 9.17 Å². The molecule has 2 unspecified atom stereocenters. The first kappa shape index (κ1) is 11.6. The molecule has 14 heavy (non-hydrogen) atoms. The molecule has 2 saturated heterocycles. The molecule has 0 aromatic rings. The summed E-state index contributed by atoms with van der Waals surface area (Å²) in [6.45, 7) is 4.94. The van der Waals surface area contributed by atoms with E-state index in [-0.39, 0.29) is 0 Å². The first-order valence-corrected chi connectivity index (χ1v) is 8.44. The highest BCUT2D eigenvalue weighted by Gasteiger charge is 2.32. The number of rotatable bonds is 1. The van der Waals surface area contributed by atoms with Crippen LogP contribution in [-0.2, 0) is 0 Å². The van der Waals surface area contributed by atoms with Gasteiger partial charge >= 0.3 is 0 Å². The fourth-order valence-corrected chi connectivity index (χ4v) is 5.92. The Morgan fingerprint density at radius 2 is 2.07 bits per heavy atom. The Kier molecular flexibility index (Phi) is 4.50. The van der Waals surface area contributed by atoms with Gasteiger partial charge in [-0.15, -0.1) is 0 Å². The Morgan fingerprint density at radius 3 is 2.64 bits per heavy atom. The number of alkyl halides is 1. The van der Waals surface area contributed by atoms with Crippen LogP contribution in [0.15, 0.2) is 0 Å². The van der Waals surface area contributed by atoms with Gasteiger partial charge in [0.2, 0.25) is 0 Å². The van der Waals surface area contributed by atoms with Crippen LogP contribution in [0, 0.1) is 0 Å². The molecule has 2 rings (SSSR count). The molecule has 2 heterocycles. The maximum absolute atomic E-state index is 2.61. The van der Waals surface area contributed by atoms with E-state index in [2.05, 4.69) is 57.6 Å². The summed E-state index contributed by atoms with van der Waals surface area (Å²) in [5.74, 6) is 1.32. The van der Waals surface area contributed by atoms with E-state index >= 15 is 0 Å². The van der Waals surface area contributed by atoms with Gasteiger partial charge in [-0.1, -0.05) is 29.5 Å². The lowest BCUT2D eigenvalue weighted by Crippen LogP contribution is -2.23.